The molecule has 0 aliphatic heterocycles. The highest BCUT2D eigenvalue weighted by atomic mass is 16.7. The first-order chi connectivity index (χ1) is 48.1. The van der Waals surface area contributed by atoms with Crippen LogP contribution in [0.3, 0.4) is 0 Å². The van der Waals surface area contributed by atoms with Crippen molar-refractivity contribution >= 4 is 17.9 Å². The molecule has 0 spiro atoms. The van der Waals surface area contributed by atoms with Crippen LogP contribution in [0.15, 0.2) is 24.3 Å². The molecule has 0 bridgehead atoms. The first-order valence-electron chi connectivity index (χ1n) is 44.0. The number of allylic oxidation sites excluding steroid dienone is 4. The average Bonchev–Trinajstić information content (AvgIpc) is 1.26. The van der Waals surface area contributed by atoms with Gasteiger partial charge >= 0.3 is 17.9 Å². The van der Waals surface area contributed by atoms with Gasteiger partial charge in [0.15, 0.2) is 6.10 Å². The second-order valence-corrected chi connectivity index (χ2v) is 31.6. The number of quaternary nitrogens is 1. The van der Waals surface area contributed by atoms with Crippen LogP contribution < -0.4 is 0 Å². The predicted molar refractivity (Wildman–Crippen MR) is 425 cm³/mol. The summed E-state index contributed by atoms with van der Waals surface area (Å²) in [4.78, 5) is 37.8. The third-order valence-corrected chi connectivity index (χ3v) is 20.5. The van der Waals surface area contributed by atoms with E-state index in [4.69, 9.17) is 18.9 Å². The summed E-state index contributed by atoms with van der Waals surface area (Å²) in [6, 6.07) is 0. The van der Waals surface area contributed by atoms with E-state index in [0.29, 0.717) is 17.4 Å². The lowest BCUT2D eigenvalue weighted by molar-refractivity contribution is -0.870. The Hall–Kier alpha value is -2.23. The molecule has 1 N–H and O–H groups in total. The van der Waals surface area contributed by atoms with Crippen LogP contribution in [0.5, 0.6) is 0 Å². The van der Waals surface area contributed by atoms with E-state index < -0.39 is 18.4 Å². The topological polar surface area (TPSA) is 108 Å². The Bertz CT molecular complexity index is 1660. The number of carboxylic acids is 1. The van der Waals surface area contributed by atoms with Crippen molar-refractivity contribution in [3.63, 3.8) is 0 Å². The van der Waals surface area contributed by atoms with Gasteiger partial charge in [-0.05, 0) is 44.9 Å². The van der Waals surface area contributed by atoms with Crippen molar-refractivity contribution in [1.29, 1.82) is 0 Å². The summed E-state index contributed by atoms with van der Waals surface area (Å²) >= 11 is 0. The molecule has 9 nitrogen and oxygen atoms in total. The number of rotatable bonds is 84. The molecular formula is C89H172NO8+. The molecule has 0 saturated heterocycles. The fraction of sp³-hybridized carbons (Fsp3) is 0.921. The summed E-state index contributed by atoms with van der Waals surface area (Å²) in [6.07, 6.45) is 101. The number of carbonyl (C=O) groups excluding carboxylic acids is 2. The van der Waals surface area contributed by atoms with Gasteiger partial charge in [-0.3, -0.25) is 9.59 Å². The Morgan fingerprint density at radius 2 is 0.551 bits per heavy atom. The molecule has 580 valence electrons. The van der Waals surface area contributed by atoms with Crippen LogP contribution in [-0.4, -0.2) is 87.4 Å². The lowest BCUT2D eigenvalue weighted by atomic mass is 10.0. The molecule has 0 radical (unpaired) electrons. The third kappa shape index (κ3) is 81.1. The first-order valence-corrected chi connectivity index (χ1v) is 44.0. The van der Waals surface area contributed by atoms with Crippen molar-refractivity contribution in [2.24, 2.45) is 0 Å². The monoisotopic (exact) mass is 1380 g/mol. The maximum absolute atomic E-state index is 13.0. The summed E-state index contributed by atoms with van der Waals surface area (Å²) in [5, 5.41) is 9.79. The molecule has 0 aromatic heterocycles. The number of ether oxygens (including phenoxy) is 4. The maximum atomic E-state index is 13.0. The zero-order valence-electron chi connectivity index (χ0n) is 66.7. The predicted octanol–water partition coefficient (Wildman–Crippen LogP) is 28.4. The maximum Gasteiger partial charge on any atom is 0.361 e. The van der Waals surface area contributed by atoms with Crippen molar-refractivity contribution in [1.82, 2.24) is 0 Å². The van der Waals surface area contributed by atoms with Crippen LogP contribution in [0.1, 0.15) is 470 Å². The number of esters is 2. The van der Waals surface area contributed by atoms with E-state index in [0.717, 1.165) is 44.9 Å². The van der Waals surface area contributed by atoms with Gasteiger partial charge in [0, 0.05) is 12.8 Å². The van der Waals surface area contributed by atoms with E-state index in [9.17, 15) is 19.5 Å². The minimum atomic E-state index is -1.51. The van der Waals surface area contributed by atoms with E-state index in [1.54, 1.807) is 0 Å². The van der Waals surface area contributed by atoms with Crippen LogP contribution in [-0.2, 0) is 33.3 Å². The molecule has 0 aromatic carbocycles. The smallest absolute Gasteiger partial charge is 0.361 e. The van der Waals surface area contributed by atoms with Crippen LogP contribution in [0, 0.1) is 0 Å². The van der Waals surface area contributed by atoms with Gasteiger partial charge in [-0.1, -0.05) is 436 Å². The molecular weight excluding hydrogens is 1210 g/mol. The summed E-state index contributed by atoms with van der Waals surface area (Å²) in [5.74, 6) is -1.96. The number of hydrogen-bond donors (Lipinski definition) is 1. The molecule has 0 amide bonds. The van der Waals surface area contributed by atoms with E-state index in [2.05, 4.69) is 38.2 Å². The van der Waals surface area contributed by atoms with Crippen LogP contribution >= 0.6 is 0 Å². The number of aliphatic carboxylic acids is 1. The summed E-state index contributed by atoms with van der Waals surface area (Å²) in [6.45, 7) is 4.97. The number of carbonyl (C=O) groups is 3. The molecule has 2 unspecified atom stereocenters. The van der Waals surface area contributed by atoms with Crippen molar-refractivity contribution in [2.45, 2.75) is 482 Å². The van der Waals surface area contributed by atoms with Gasteiger partial charge in [-0.25, -0.2) is 4.79 Å². The Balaban J connectivity index is 3.90. The Morgan fingerprint density at radius 1 is 0.306 bits per heavy atom. The highest BCUT2D eigenvalue weighted by Crippen LogP contribution is 2.21. The van der Waals surface area contributed by atoms with Gasteiger partial charge in [0.25, 0.3) is 6.29 Å². The molecule has 9 heteroatoms. The van der Waals surface area contributed by atoms with Gasteiger partial charge in [0.2, 0.25) is 0 Å². The fourth-order valence-corrected chi connectivity index (χ4v) is 13.8. The molecule has 0 aromatic rings. The minimum absolute atomic E-state index is 0.173. The number of carboxylic acid groups (broad SMARTS) is 1. The second-order valence-electron chi connectivity index (χ2n) is 31.6. The third-order valence-electron chi connectivity index (χ3n) is 20.5. The van der Waals surface area contributed by atoms with Crippen LogP contribution in [0.2, 0.25) is 0 Å². The van der Waals surface area contributed by atoms with Crippen molar-refractivity contribution in [3.8, 4) is 0 Å². The SMILES string of the molecule is CCCCCCC/C=C\C/C=C\CCCCCCCCCCCCCCCCCCCCCCCCCCCC(=O)OC(COC(=O)CCCCCCCCCCCCCCCCCCCCCCCCCCCCCCCCCCCCCC)COC(OCC[N+](C)(C)C)C(=O)O. The van der Waals surface area contributed by atoms with E-state index >= 15 is 0 Å². The van der Waals surface area contributed by atoms with E-state index in [1.807, 2.05) is 21.1 Å². The quantitative estimate of drug-likeness (QED) is 0.0211. The average molecular weight is 1380 g/mol. The summed E-state index contributed by atoms with van der Waals surface area (Å²) < 4.78 is 23.1. The molecule has 0 rings (SSSR count). The van der Waals surface area contributed by atoms with Gasteiger partial charge < -0.3 is 28.5 Å². The zero-order chi connectivity index (χ0) is 71.1. The highest BCUT2D eigenvalue weighted by molar-refractivity contribution is 5.71. The van der Waals surface area contributed by atoms with Crippen molar-refractivity contribution < 1.29 is 42.9 Å². The number of nitrogens with zero attached hydrogens (tertiary/aromatic N) is 1. The van der Waals surface area contributed by atoms with E-state index in [-0.39, 0.29) is 38.2 Å². The number of likely N-dealkylation sites (N-methyl/N-ethyl adjacent to an activating group) is 1. The standard InChI is InChI=1S/C89H171NO8/c1-6-8-10-12-14-16-18-20-22-24-26-28-30-32-34-36-38-40-42-44-46-48-50-52-54-56-58-60-62-64-66-68-70-72-74-76-78-80-87(92)98-85(84-97-89(88(93)94)95-82-81-90(3,4)5)83-96-86(91)79-77-75-73-71-69-67-65-63-61-59-57-55-53-51-49-47-45-43-41-39-37-35-33-31-29-27-25-23-21-19-17-15-13-11-9-7-2/h18,20,24,26,85,89H,6-17,19,21-23,25,27-84H2,1-5H3/p+1/b20-18-,26-24-. The van der Waals surface area contributed by atoms with Crippen molar-refractivity contribution in [2.75, 3.05) is 47.5 Å². The van der Waals surface area contributed by atoms with Gasteiger partial charge in [-0.15, -0.1) is 0 Å². The number of hydrogen-bond acceptors (Lipinski definition) is 7. The molecule has 98 heavy (non-hydrogen) atoms. The fourth-order valence-electron chi connectivity index (χ4n) is 13.8. The minimum Gasteiger partial charge on any atom is -0.477 e. The molecule has 0 fully saturated rings. The Morgan fingerprint density at radius 3 is 0.806 bits per heavy atom. The van der Waals surface area contributed by atoms with E-state index in [1.165, 1.54) is 398 Å². The normalized spacial score (nSPS) is 12.6. The highest BCUT2D eigenvalue weighted by Gasteiger charge is 2.25. The van der Waals surface area contributed by atoms with Crippen molar-refractivity contribution in [3.05, 3.63) is 24.3 Å². The molecule has 2 atom stereocenters. The Kier molecular flexibility index (Phi) is 78.6. The van der Waals surface area contributed by atoms with Gasteiger partial charge in [-0.2, -0.15) is 0 Å². The number of unbranched alkanes of at least 4 members (excludes halogenated alkanes) is 65. The summed E-state index contributed by atoms with van der Waals surface area (Å²) in [5.41, 5.74) is 0. The lowest BCUT2D eigenvalue weighted by Crippen LogP contribution is -2.40. The van der Waals surface area contributed by atoms with Gasteiger partial charge in [0.05, 0.1) is 34.4 Å². The molecule has 0 heterocycles. The zero-order valence-corrected chi connectivity index (χ0v) is 66.7. The largest absolute Gasteiger partial charge is 0.477 e. The van der Waals surface area contributed by atoms with Gasteiger partial charge in [0.1, 0.15) is 13.2 Å². The van der Waals surface area contributed by atoms with Crippen LogP contribution in [0.25, 0.3) is 0 Å². The second kappa shape index (κ2) is 80.5. The molecule has 0 aliphatic rings. The van der Waals surface area contributed by atoms with Crippen LogP contribution in [0.4, 0.5) is 0 Å². The lowest BCUT2D eigenvalue weighted by Gasteiger charge is -2.25. The summed E-state index contributed by atoms with van der Waals surface area (Å²) in [7, 11) is 6.01. The first kappa shape index (κ1) is 95.8. The Labute approximate surface area is 611 Å². The molecule has 0 aliphatic carbocycles. The molecule has 0 saturated carbocycles.